The average Bonchev–Trinajstić information content (AvgIpc) is 2.62. The van der Waals surface area contributed by atoms with E-state index in [1.807, 2.05) is 33.2 Å². The molecule has 6 heteroatoms. The minimum atomic E-state index is -0.0394. The van der Waals surface area contributed by atoms with Gasteiger partial charge in [0, 0.05) is 30.6 Å². The molecule has 27 heavy (non-hydrogen) atoms. The fraction of sp³-hybridized carbons (Fsp3) is 0.524. The number of thiocarbonyl (C=S) groups is 1. The summed E-state index contributed by atoms with van der Waals surface area (Å²) in [6, 6.07) is 6.16. The summed E-state index contributed by atoms with van der Waals surface area (Å²) in [4.78, 5) is 20.0. The van der Waals surface area contributed by atoms with Gasteiger partial charge in [0.1, 0.15) is 0 Å². The van der Waals surface area contributed by atoms with Crippen LogP contribution in [0.4, 0.5) is 0 Å². The topological polar surface area (TPSA) is 51.4 Å². The maximum Gasteiger partial charge on any atom is 0.253 e. The Labute approximate surface area is 167 Å². The number of fused-ring (bicyclic) bond motifs is 1. The molecule has 0 amide bonds. The van der Waals surface area contributed by atoms with E-state index in [1.165, 1.54) is 0 Å². The maximum atomic E-state index is 12.7. The Hall–Kier alpha value is -1.92. The van der Waals surface area contributed by atoms with Crippen LogP contribution in [-0.2, 0) is 6.54 Å². The first kappa shape index (κ1) is 21.4. The molecule has 0 aliphatic rings. The SMILES string of the molecule is CCCCNC(=S)N(CCN(C)C)Cc1cc2c(C)ccc(C)c2[nH]c1=O. The van der Waals surface area contributed by atoms with Crippen LogP contribution in [0.25, 0.3) is 10.9 Å². The van der Waals surface area contributed by atoms with E-state index in [4.69, 9.17) is 12.2 Å². The summed E-state index contributed by atoms with van der Waals surface area (Å²) in [5.41, 5.74) is 3.88. The lowest BCUT2D eigenvalue weighted by Gasteiger charge is -2.27. The van der Waals surface area contributed by atoms with Gasteiger partial charge in [-0.3, -0.25) is 4.79 Å². The molecule has 2 rings (SSSR count). The lowest BCUT2D eigenvalue weighted by atomic mass is 10.0. The first-order valence-electron chi connectivity index (χ1n) is 9.63. The van der Waals surface area contributed by atoms with Gasteiger partial charge in [0.05, 0.1) is 12.1 Å². The molecule has 0 radical (unpaired) electrons. The van der Waals surface area contributed by atoms with Crippen LogP contribution in [0, 0.1) is 13.8 Å². The molecule has 0 atom stereocenters. The molecule has 0 saturated heterocycles. The average molecular weight is 389 g/mol. The molecule has 2 aromatic rings. The van der Waals surface area contributed by atoms with E-state index < -0.39 is 0 Å². The molecular weight excluding hydrogens is 356 g/mol. The Balaban J connectivity index is 2.29. The van der Waals surface area contributed by atoms with Gasteiger partial charge in [-0.25, -0.2) is 0 Å². The Morgan fingerprint density at radius 2 is 1.89 bits per heavy atom. The molecule has 0 aliphatic heterocycles. The normalized spacial score (nSPS) is 11.2. The number of unbranched alkanes of at least 4 members (excludes halogenated alkanes) is 1. The van der Waals surface area contributed by atoms with Gasteiger partial charge in [-0.2, -0.15) is 0 Å². The highest BCUT2D eigenvalue weighted by Crippen LogP contribution is 2.20. The number of H-pyrrole nitrogens is 1. The number of aryl methyl sites for hydroxylation is 2. The van der Waals surface area contributed by atoms with Crippen molar-refractivity contribution < 1.29 is 0 Å². The van der Waals surface area contributed by atoms with Crippen LogP contribution in [0.15, 0.2) is 23.0 Å². The summed E-state index contributed by atoms with van der Waals surface area (Å²) in [7, 11) is 4.08. The van der Waals surface area contributed by atoms with Gasteiger partial charge in [-0.05, 0) is 63.8 Å². The number of nitrogens with zero attached hydrogens (tertiary/aromatic N) is 2. The largest absolute Gasteiger partial charge is 0.363 e. The molecule has 5 nitrogen and oxygen atoms in total. The second kappa shape index (κ2) is 9.85. The minimum absolute atomic E-state index is 0.0394. The summed E-state index contributed by atoms with van der Waals surface area (Å²) in [5.74, 6) is 0. The molecule has 1 aromatic heterocycles. The third-order valence-electron chi connectivity index (χ3n) is 4.79. The van der Waals surface area contributed by atoms with Crippen molar-refractivity contribution in [2.75, 3.05) is 33.7 Å². The molecule has 2 N–H and O–H groups in total. The first-order chi connectivity index (χ1) is 12.8. The van der Waals surface area contributed by atoms with Gasteiger partial charge < -0.3 is 20.1 Å². The fourth-order valence-electron chi connectivity index (χ4n) is 3.00. The number of benzene rings is 1. The van der Waals surface area contributed by atoms with E-state index in [2.05, 4.69) is 40.0 Å². The molecule has 0 bridgehead atoms. The second-order valence-electron chi connectivity index (χ2n) is 7.42. The number of hydrogen-bond donors (Lipinski definition) is 2. The Morgan fingerprint density at radius 1 is 1.19 bits per heavy atom. The maximum absolute atomic E-state index is 12.7. The summed E-state index contributed by atoms with van der Waals surface area (Å²) in [5, 5.41) is 5.14. The standard InChI is InChI=1S/C21H32N4OS/c1-6-7-10-22-21(27)25(12-11-24(4)5)14-17-13-18-15(2)8-9-16(3)19(18)23-20(17)26/h8-9,13H,6-7,10-12,14H2,1-5H3,(H,22,27)(H,23,26). The van der Waals surface area contributed by atoms with Crippen molar-refractivity contribution in [3.8, 4) is 0 Å². The number of hydrogen-bond acceptors (Lipinski definition) is 3. The van der Waals surface area contributed by atoms with E-state index in [1.54, 1.807) is 0 Å². The number of pyridine rings is 1. The zero-order chi connectivity index (χ0) is 20.0. The van der Waals surface area contributed by atoms with Crippen LogP contribution in [0.1, 0.15) is 36.5 Å². The first-order valence-corrected chi connectivity index (χ1v) is 10.0. The second-order valence-corrected chi connectivity index (χ2v) is 7.81. The van der Waals surface area contributed by atoms with Crippen molar-refractivity contribution in [2.24, 2.45) is 0 Å². The summed E-state index contributed by atoms with van der Waals surface area (Å²) < 4.78 is 0. The van der Waals surface area contributed by atoms with E-state index in [-0.39, 0.29) is 5.56 Å². The molecule has 0 unspecified atom stereocenters. The molecule has 0 fully saturated rings. The molecule has 0 aliphatic carbocycles. The van der Waals surface area contributed by atoms with Gasteiger partial charge in [-0.1, -0.05) is 25.5 Å². The van der Waals surface area contributed by atoms with Crippen molar-refractivity contribution in [1.82, 2.24) is 20.1 Å². The van der Waals surface area contributed by atoms with Gasteiger partial charge in [-0.15, -0.1) is 0 Å². The lowest BCUT2D eigenvalue weighted by molar-refractivity contribution is 0.322. The monoisotopic (exact) mass is 388 g/mol. The van der Waals surface area contributed by atoms with Crippen LogP contribution in [0.5, 0.6) is 0 Å². The molecule has 148 valence electrons. The van der Waals surface area contributed by atoms with Crippen LogP contribution >= 0.6 is 12.2 Å². The highest BCUT2D eigenvalue weighted by atomic mass is 32.1. The van der Waals surface area contributed by atoms with Crippen molar-refractivity contribution in [2.45, 2.75) is 40.2 Å². The Bertz CT molecular complexity index is 844. The molecule has 0 saturated carbocycles. The highest BCUT2D eigenvalue weighted by molar-refractivity contribution is 7.80. The Morgan fingerprint density at radius 3 is 2.56 bits per heavy atom. The number of aromatic nitrogens is 1. The third-order valence-corrected chi connectivity index (χ3v) is 5.20. The van der Waals surface area contributed by atoms with Crippen molar-refractivity contribution in [3.05, 3.63) is 45.2 Å². The van der Waals surface area contributed by atoms with E-state index in [9.17, 15) is 4.79 Å². The quantitative estimate of drug-likeness (QED) is 0.537. The van der Waals surface area contributed by atoms with Crippen molar-refractivity contribution in [3.63, 3.8) is 0 Å². The fourth-order valence-corrected chi connectivity index (χ4v) is 3.26. The molecular formula is C21H32N4OS. The molecule has 1 aromatic carbocycles. The van der Waals surface area contributed by atoms with Gasteiger partial charge in [0.25, 0.3) is 5.56 Å². The lowest BCUT2D eigenvalue weighted by Crippen LogP contribution is -2.43. The third kappa shape index (κ3) is 5.78. The van der Waals surface area contributed by atoms with Gasteiger partial charge in [0.15, 0.2) is 5.11 Å². The van der Waals surface area contributed by atoms with E-state index in [0.29, 0.717) is 11.7 Å². The zero-order valence-electron chi connectivity index (χ0n) is 17.2. The summed E-state index contributed by atoms with van der Waals surface area (Å²) in [6.45, 7) is 9.27. The number of likely N-dealkylation sites (N-methyl/N-ethyl adjacent to an activating group) is 1. The number of nitrogens with one attached hydrogen (secondary N) is 2. The number of rotatable bonds is 8. The number of aromatic amines is 1. The van der Waals surface area contributed by atoms with Crippen molar-refractivity contribution >= 4 is 28.2 Å². The van der Waals surface area contributed by atoms with Crippen molar-refractivity contribution in [1.29, 1.82) is 0 Å². The predicted octanol–water partition coefficient (Wildman–Crippen LogP) is 3.18. The zero-order valence-corrected chi connectivity index (χ0v) is 18.0. The van der Waals surface area contributed by atoms with Crippen LogP contribution in [0.3, 0.4) is 0 Å². The van der Waals surface area contributed by atoms with Gasteiger partial charge in [0.2, 0.25) is 0 Å². The van der Waals surface area contributed by atoms with Crippen LogP contribution < -0.4 is 10.9 Å². The highest BCUT2D eigenvalue weighted by Gasteiger charge is 2.14. The summed E-state index contributed by atoms with van der Waals surface area (Å²) >= 11 is 5.61. The predicted molar refractivity (Wildman–Crippen MR) is 119 cm³/mol. The minimum Gasteiger partial charge on any atom is -0.363 e. The Kier molecular flexibility index (Phi) is 7.80. The summed E-state index contributed by atoms with van der Waals surface area (Å²) in [6.07, 6.45) is 2.20. The van der Waals surface area contributed by atoms with E-state index >= 15 is 0 Å². The molecule has 1 heterocycles. The van der Waals surface area contributed by atoms with E-state index in [0.717, 1.165) is 60.1 Å². The van der Waals surface area contributed by atoms with Crippen LogP contribution in [0.2, 0.25) is 0 Å². The van der Waals surface area contributed by atoms with Gasteiger partial charge >= 0.3 is 0 Å². The molecule has 0 spiro atoms. The smallest absolute Gasteiger partial charge is 0.253 e. The van der Waals surface area contributed by atoms with Crippen LogP contribution in [-0.4, -0.2) is 53.6 Å².